The molecule has 3 radical (unpaired) electrons. The third-order valence-corrected chi connectivity index (χ3v) is 0.756. The minimum atomic E-state index is 0. The summed E-state index contributed by atoms with van der Waals surface area (Å²) >= 11 is 0. The van der Waals surface area contributed by atoms with Crippen molar-refractivity contribution in [3.8, 4) is 5.75 Å². The van der Waals surface area contributed by atoms with Gasteiger partial charge in [0.05, 0.1) is 0 Å². The molecular formula is C7H7O. The third-order valence-electron chi connectivity index (χ3n) is 0.756. The molecular weight excluding hydrogens is 100 g/mol. The van der Waals surface area contributed by atoms with Crippen LogP contribution >= 0.6 is 0 Å². The van der Waals surface area contributed by atoms with E-state index >= 15 is 0 Å². The lowest BCUT2D eigenvalue weighted by atomic mass is 10.3. The van der Waals surface area contributed by atoms with Crippen molar-refractivity contribution in [1.29, 1.82) is 0 Å². The molecule has 0 aliphatic heterocycles. The number of phenolic OH excluding ortho intramolecular Hbond substituents is 1. The summed E-state index contributed by atoms with van der Waals surface area (Å²) in [6, 6.07) is 8.71. The van der Waals surface area contributed by atoms with Crippen LogP contribution in [0.15, 0.2) is 30.3 Å². The van der Waals surface area contributed by atoms with Crippen LogP contribution in [0.25, 0.3) is 0 Å². The standard InChI is InChI=1S/C6H6O.CH/c7-6-4-2-1-3-5-6;/h1-5,7H;1H. The lowest BCUT2D eigenvalue weighted by Gasteiger charge is -1.82. The first-order valence-corrected chi connectivity index (χ1v) is 2.13. The Labute approximate surface area is 49.6 Å². The van der Waals surface area contributed by atoms with Crippen molar-refractivity contribution in [2.24, 2.45) is 0 Å². The molecule has 8 heavy (non-hydrogen) atoms. The Hall–Kier alpha value is -0.980. The highest BCUT2D eigenvalue weighted by molar-refractivity contribution is 5.18. The Morgan fingerprint density at radius 1 is 1.00 bits per heavy atom. The Morgan fingerprint density at radius 3 is 1.75 bits per heavy atom. The minimum Gasteiger partial charge on any atom is -0.508 e. The Morgan fingerprint density at radius 2 is 1.50 bits per heavy atom. The van der Waals surface area contributed by atoms with E-state index in [2.05, 4.69) is 0 Å². The smallest absolute Gasteiger partial charge is 0.115 e. The predicted molar refractivity (Wildman–Crippen MR) is 32.4 cm³/mol. The molecule has 0 unspecified atom stereocenters. The Kier molecular flexibility index (Phi) is 2.70. The fraction of sp³-hybridized carbons (Fsp3) is 0. The number of hydrogen-bond donors (Lipinski definition) is 1. The molecule has 0 amide bonds. The van der Waals surface area contributed by atoms with E-state index in [1.807, 2.05) is 6.07 Å². The second kappa shape index (κ2) is 3.08. The Bertz CT molecular complexity index is 134. The van der Waals surface area contributed by atoms with Gasteiger partial charge in [0.1, 0.15) is 5.75 Å². The number of benzene rings is 1. The molecule has 0 atom stereocenters. The fourth-order valence-electron chi connectivity index (χ4n) is 0.428. The van der Waals surface area contributed by atoms with Gasteiger partial charge in [-0.15, -0.1) is 0 Å². The van der Waals surface area contributed by atoms with E-state index in [1.165, 1.54) is 0 Å². The molecule has 1 nitrogen and oxygen atoms in total. The summed E-state index contributed by atoms with van der Waals surface area (Å²) < 4.78 is 0. The first-order chi connectivity index (χ1) is 3.39. The fourth-order valence-corrected chi connectivity index (χ4v) is 0.428. The normalized spacial score (nSPS) is 7.50. The van der Waals surface area contributed by atoms with E-state index in [1.54, 1.807) is 24.3 Å². The van der Waals surface area contributed by atoms with E-state index in [-0.39, 0.29) is 7.43 Å². The zero-order chi connectivity index (χ0) is 5.11. The largest absolute Gasteiger partial charge is 0.508 e. The summed E-state index contributed by atoms with van der Waals surface area (Å²) in [6.07, 6.45) is 0. The molecule has 0 aliphatic rings. The molecule has 0 aromatic heterocycles. The number of hydrogen-bond acceptors (Lipinski definition) is 1. The van der Waals surface area contributed by atoms with Gasteiger partial charge in [-0.2, -0.15) is 0 Å². The maximum atomic E-state index is 8.63. The van der Waals surface area contributed by atoms with E-state index in [9.17, 15) is 0 Å². The summed E-state index contributed by atoms with van der Waals surface area (Å²) in [4.78, 5) is 0. The zero-order valence-corrected chi connectivity index (χ0v) is 4.41. The molecule has 0 saturated heterocycles. The topological polar surface area (TPSA) is 20.2 Å². The molecule has 0 saturated carbocycles. The first-order valence-electron chi connectivity index (χ1n) is 2.13. The van der Waals surface area contributed by atoms with Gasteiger partial charge < -0.3 is 5.11 Å². The highest BCUT2D eigenvalue weighted by atomic mass is 16.3. The highest BCUT2D eigenvalue weighted by Gasteiger charge is 1.74. The summed E-state index contributed by atoms with van der Waals surface area (Å²) in [5.74, 6) is 0.322. The van der Waals surface area contributed by atoms with Crippen LogP contribution in [-0.4, -0.2) is 5.11 Å². The van der Waals surface area contributed by atoms with Crippen LogP contribution in [0.2, 0.25) is 0 Å². The first kappa shape index (κ1) is 7.02. The van der Waals surface area contributed by atoms with Crippen molar-refractivity contribution in [3.05, 3.63) is 37.8 Å². The van der Waals surface area contributed by atoms with Gasteiger partial charge >= 0.3 is 0 Å². The molecule has 0 fully saturated rings. The van der Waals surface area contributed by atoms with E-state index in [4.69, 9.17) is 5.11 Å². The predicted octanol–water partition coefficient (Wildman–Crippen LogP) is 1.60. The maximum Gasteiger partial charge on any atom is 0.115 e. The number of phenols is 1. The molecule has 1 aromatic rings. The number of aromatic hydroxyl groups is 1. The van der Waals surface area contributed by atoms with Crippen molar-refractivity contribution in [2.75, 3.05) is 0 Å². The average molecular weight is 107 g/mol. The van der Waals surface area contributed by atoms with Gasteiger partial charge in [0, 0.05) is 0 Å². The molecule has 1 heteroatoms. The lowest BCUT2D eigenvalue weighted by molar-refractivity contribution is 0.475. The van der Waals surface area contributed by atoms with Crippen molar-refractivity contribution < 1.29 is 5.11 Å². The van der Waals surface area contributed by atoms with Gasteiger partial charge in [-0.05, 0) is 19.6 Å². The number of rotatable bonds is 0. The molecule has 1 rings (SSSR count). The van der Waals surface area contributed by atoms with Crippen LogP contribution in [0.4, 0.5) is 0 Å². The van der Waals surface area contributed by atoms with Gasteiger partial charge in [0.2, 0.25) is 0 Å². The Balaban J connectivity index is 0.000000490. The van der Waals surface area contributed by atoms with Crippen molar-refractivity contribution >= 4 is 0 Å². The zero-order valence-electron chi connectivity index (χ0n) is 4.41. The van der Waals surface area contributed by atoms with Crippen LogP contribution in [0.3, 0.4) is 0 Å². The van der Waals surface area contributed by atoms with Gasteiger partial charge in [0.25, 0.3) is 0 Å². The van der Waals surface area contributed by atoms with E-state index < -0.39 is 0 Å². The van der Waals surface area contributed by atoms with Crippen molar-refractivity contribution in [2.45, 2.75) is 0 Å². The summed E-state index contributed by atoms with van der Waals surface area (Å²) in [5.41, 5.74) is 0. The molecule has 0 bridgehead atoms. The average Bonchev–Trinajstić information content (AvgIpc) is 1.69. The summed E-state index contributed by atoms with van der Waals surface area (Å²) in [7, 11) is 0. The van der Waals surface area contributed by atoms with E-state index in [0.29, 0.717) is 5.75 Å². The second-order valence-electron chi connectivity index (χ2n) is 1.34. The number of para-hydroxylation sites is 1. The van der Waals surface area contributed by atoms with Crippen molar-refractivity contribution in [1.82, 2.24) is 0 Å². The molecule has 0 spiro atoms. The van der Waals surface area contributed by atoms with Gasteiger partial charge in [-0.25, -0.2) is 0 Å². The minimum absolute atomic E-state index is 0. The third kappa shape index (κ3) is 1.65. The summed E-state index contributed by atoms with van der Waals surface area (Å²) in [5, 5.41) is 8.63. The molecule has 1 N–H and O–H groups in total. The molecule has 0 heterocycles. The molecule has 41 valence electrons. The van der Waals surface area contributed by atoms with Crippen molar-refractivity contribution in [3.63, 3.8) is 0 Å². The highest BCUT2D eigenvalue weighted by Crippen LogP contribution is 2.02. The van der Waals surface area contributed by atoms with Crippen LogP contribution < -0.4 is 0 Å². The van der Waals surface area contributed by atoms with E-state index in [0.717, 1.165) is 0 Å². The van der Waals surface area contributed by atoms with Gasteiger partial charge in [0.15, 0.2) is 0 Å². The van der Waals surface area contributed by atoms with Crippen LogP contribution in [-0.2, 0) is 0 Å². The lowest BCUT2D eigenvalue weighted by Crippen LogP contribution is -1.56. The second-order valence-corrected chi connectivity index (χ2v) is 1.34. The van der Waals surface area contributed by atoms with Gasteiger partial charge in [-0.3, -0.25) is 0 Å². The van der Waals surface area contributed by atoms with Crippen LogP contribution in [0.1, 0.15) is 0 Å². The quantitative estimate of drug-likeness (QED) is 0.533. The maximum absolute atomic E-state index is 8.63. The molecule has 1 aromatic carbocycles. The van der Waals surface area contributed by atoms with Crippen LogP contribution in [0, 0.1) is 7.43 Å². The molecule has 0 aliphatic carbocycles. The van der Waals surface area contributed by atoms with Gasteiger partial charge in [-0.1, -0.05) is 18.2 Å². The van der Waals surface area contributed by atoms with Crippen LogP contribution in [0.5, 0.6) is 5.75 Å². The monoisotopic (exact) mass is 107 g/mol. The summed E-state index contributed by atoms with van der Waals surface area (Å²) in [6.45, 7) is 0. The SMILES string of the molecule is Oc1ccccc1.[CH].